The Hall–Kier alpha value is -3.58. The van der Waals surface area contributed by atoms with E-state index < -0.39 is 23.2 Å². The lowest BCUT2D eigenvalue weighted by Gasteiger charge is -2.15. The van der Waals surface area contributed by atoms with Crippen molar-refractivity contribution < 1.29 is 17.9 Å². The van der Waals surface area contributed by atoms with Crippen molar-refractivity contribution in [2.75, 3.05) is 0 Å². The number of benzene rings is 1. The van der Waals surface area contributed by atoms with Gasteiger partial charge < -0.3 is 9.72 Å². The summed E-state index contributed by atoms with van der Waals surface area (Å²) in [5.74, 6) is -1.27. The topological polar surface area (TPSA) is 101 Å². The molecular formula is C20H14ClF3N4O3. The molecule has 0 fully saturated rings. The monoisotopic (exact) mass is 450 g/mol. The minimum absolute atomic E-state index is 0.0427. The van der Waals surface area contributed by atoms with E-state index in [0.717, 1.165) is 17.0 Å². The Labute approximate surface area is 178 Å². The highest BCUT2D eigenvalue weighted by Gasteiger charge is 2.38. The summed E-state index contributed by atoms with van der Waals surface area (Å²) >= 11 is 5.87. The number of hydrogen-bond acceptors (Lipinski definition) is 5. The number of H-pyrrole nitrogens is 1. The number of ether oxygens (including phenoxy) is 1. The molecule has 0 aliphatic heterocycles. The molecule has 3 aromatic rings. The van der Waals surface area contributed by atoms with Gasteiger partial charge in [-0.1, -0.05) is 24.6 Å². The first kappa shape index (κ1) is 22.1. The third-order valence-electron chi connectivity index (χ3n) is 4.28. The molecule has 1 N–H and O–H groups in total. The van der Waals surface area contributed by atoms with Crippen molar-refractivity contribution in [2.24, 2.45) is 0 Å². The SMILES string of the molecule is CCc1[nH]c(=O)ccc1Cn1cnc(C(F)(F)F)c(Oc2cc(Cl)cc(C#N)c2)c1=O. The molecule has 31 heavy (non-hydrogen) atoms. The van der Waals surface area contributed by atoms with Gasteiger partial charge in [-0.3, -0.25) is 14.2 Å². The molecule has 0 saturated heterocycles. The molecule has 0 bridgehead atoms. The first-order valence-electron chi connectivity index (χ1n) is 8.88. The van der Waals surface area contributed by atoms with E-state index >= 15 is 0 Å². The fourth-order valence-corrected chi connectivity index (χ4v) is 3.10. The lowest BCUT2D eigenvalue weighted by molar-refractivity contribution is -0.142. The number of pyridine rings is 1. The van der Waals surface area contributed by atoms with Crippen molar-refractivity contribution in [1.82, 2.24) is 14.5 Å². The van der Waals surface area contributed by atoms with Crippen LogP contribution in [0.5, 0.6) is 11.5 Å². The van der Waals surface area contributed by atoms with Crippen molar-refractivity contribution in [1.29, 1.82) is 5.26 Å². The van der Waals surface area contributed by atoms with Gasteiger partial charge in [-0.2, -0.15) is 18.4 Å². The van der Waals surface area contributed by atoms with E-state index in [1.165, 1.54) is 24.3 Å². The van der Waals surface area contributed by atoms with E-state index in [2.05, 4.69) is 9.97 Å². The quantitative estimate of drug-likeness (QED) is 0.635. The number of nitrogens with one attached hydrogen (secondary N) is 1. The number of aromatic amines is 1. The van der Waals surface area contributed by atoms with Crippen molar-refractivity contribution in [3.8, 4) is 17.6 Å². The fourth-order valence-electron chi connectivity index (χ4n) is 2.88. The van der Waals surface area contributed by atoms with Crippen LogP contribution in [0, 0.1) is 11.3 Å². The minimum atomic E-state index is -4.96. The molecule has 0 spiro atoms. The number of hydrogen-bond donors (Lipinski definition) is 1. The van der Waals surface area contributed by atoms with Crippen LogP contribution in [0.3, 0.4) is 0 Å². The molecule has 0 unspecified atom stereocenters. The molecule has 11 heteroatoms. The molecule has 0 aliphatic rings. The molecule has 1 aromatic carbocycles. The highest BCUT2D eigenvalue weighted by atomic mass is 35.5. The van der Waals surface area contributed by atoms with E-state index in [4.69, 9.17) is 21.6 Å². The summed E-state index contributed by atoms with van der Waals surface area (Å²) in [4.78, 5) is 30.4. The van der Waals surface area contributed by atoms with Crippen LogP contribution < -0.4 is 15.9 Å². The van der Waals surface area contributed by atoms with E-state index in [1.54, 1.807) is 13.0 Å². The molecule has 0 saturated carbocycles. The molecule has 0 radical (unpaired) electrons. The zero-order chi connectivity index (χ0) is 22.8. The average molecular weight is 451 g/mol. The van der Waals surface area contributed by atoms with Crippen molar-refractivity contribution >= 4 is 11.6 Å². The van der Waals surface area contributed by atoms with Gasteiger partial charge in [0, 0.05) is 16.8 Å². The van der Waals surface area contributed by atoms with Crippen LogP contribution in [-0.4, -0.2) is 14.5 Å². The third-order valence-corrected chi connectivity index (χ3v) is 4.50. The van der Waals surface area contributed by atoms with Gasteiger partial charge in [0.25, 0.3) is 5.56 Å². The number of halogens is 4. The lowest BCUT2D eigenvalue weighted by Crippen LogP contribution is -2.27. The van der Waals surface area contributed by atoms with Gasteiger partial charge in [0.1, 0.15) is 5.75 Å². The number of nitriles is 1. The molecule has 2 aromatic heterocycles. The summed E-state index contributed by atoms with van der Waals surface area (Å²) in [5, 5.41) is 9.07. The predicted octanol–water partition coefficient (Wildman–Crippen LogP) is 3.88. The van der Waals surface area contributed by atoms with Gasteiger partial charge in [-0.25, -0.2) is 4.98 Å². The maximum atomic E-state index is 13.5. The standard InChI is InChI=1S/C20H14ClF3N4O3/c1-2-15-12(3-4-16(29)27-15)9-28-10-26-18(20(22,23)24)17(19(28)30)31-14-6-11(8-25)5-13(21)7-14/h3-7,10H,2,9H2,1H3,(H,27,29). The number of nitrogens with zero attached hydrogens (tertiary/aromatic N) is 3. The second-order valence-corrected chi connectivity index (χ2v) is 6.86. The predicted molar refractivity (Wildman–Crippen MR) is 105 cm³/mol. The molecule has 160 valence electrons. The Balaban J connectivity index is 2.11. The van der Waals surface area contributed by atoms with Crippen LogP contribution in [-0.2, 0) is 19.1 Å². The molecule has 0 amide bonds. The van der Waals surface area contributed by atoms with Crippen LogP contribution in [0.4, 0.5) is 13.2 Å². The third kappa shape index (κ3) is 4.95. The first-order chi connectivity index (χ1) is 14.6. The number of aromatic nitrogens is 3. The summed E-state index contributed by atoms with van der Waals surface area (Å²) in [6.45, 7) is 1.64. The molecule has 7 nitrogen and oxygen atoms in total. The summed E-state index contributed by atoms with van der Waals surface area (Å²) in [6, 6.07) is 8.16. The van der Waals surface area contributed by atoms with Gasteiger partial charge in [0.05, 0.1) is 24.5 Å². The maximum Gasteiger partial charge on any atom is 0.437 e. The lowest BCUT2D eigenvalue weighted by atomic mass is 10.1. The summed E-state index contributed by atoms with van der Waals surface area (Å²) in [6.07, 6.45) is -3.75. The number of rotatable bonds is 5. The molecule has 0 atom stereocenters. The van der Waals surface area contributed by atoms with Gasteiger partial charge >= 0.3 is 6.18 Å². The average Bonchev–Trinajstić information content (AvgIpc) is 2.70. The highest BCUT2D eigenvalue weighted by Crippen LogP contribution is 2.35. The first-order valence-corrected chi connectivity index (χ1v) is 9.26. The summed E-state index contributed by atoms with van der Waals surface area (Å²) < 4.78 is 46.6. The van der Waals surface area contributed by atoms with Crippen LogP contribution >= 0.6 is 11.6 Å². The highest BCUT2D eigenvalue weighted by molar-refractivity contribution is 6.30. The minimum Gasteiger partial charge on any atom is -0.449 e. The zero-order valence-corrected chi connectivity index (χ0v) is 16.7. The van der Waals surface area contributed by atoms with E-state index in [9.17, 15) is 22.8 Å². The van der Waals surface area contributed by atoms with E-state index in [-0.39, 0.29) is 28.4 Å². The van der Waals surface area contributed by atoms with Gasteiger partial charge in [-0.15, -0.1) is 0 Å². The van der Waals surface area contributed by atoms with E-state index in [0.29, 0.717) is 17.7 Å². The van der Waals surface area contributed by atoms with E-state index in [1.807, 2.05) is 0 Å². The zero-order valence-electron chi connectivity index (χ0n) is 16.0. The van der Waals surface area contributed by atoms with Crippen LogP contribution in [0.2, 0.25) is 5.02 Å². The van der Waals surface area contributed by atoms with Crippen molar-refractivity contribution in [2.45, 2.75) is 26.1 Å². The Morgan fingerprint density at radius 3 is 2.65 bits per heavy atom. The summed E-state index contributed by atoms with van der Waals surface area (Å²) in [5.41, 5.74) is -1.82. The number of alkyl halides is 3. The fraction of sp³-hybridized carbons (Fsp3) is 0.200. The van der Waals surface area contributed by atoms with Crippen molar-refractivity contribution in [3.05, 3.63) is 84.9 Å². The maximum absolute atomic E-state index is 13.5. The second-order valence-electron chi connectivity index (χ2n) is 6.42. The largest absolute Gasteiger partial charge is 0.449 e. The van der Waals surface area contributed by atoms with Crippen molar-refractivity contribution in [3.63, 3.8) is 0 Å². The molecular weight excluding hydrogens is 437 g/mol. The Morgan fingerprint density at radius 1 is 1.26 bits per heavy atom. The van der Waals surface area contributed by atoms with Crippen LogP contribution in [0.15, 0.2) is 46.2 Å². The Morgan fingerprint density at radius 2 is 2.00 bits per heavy atom. The second kappa shape index (κ2) is 8.65. The number of aryl methyl sites for hydroxylation is 1. The molecule has 0 aliphatic carbocycles. The van der Waals surface area contributed by atoms with Gasteiger partial charge in [-0.05, 0) is 30.2 Å². The normalized spacial score (nSPS) is 11.2. The van der Waals surface area contributed by atoms with Gasteiger partial charge in [0.15, 0.2) is 5.69 Å². The summed E-state index contributed by atoms with van der Waals surface area (Å²) in [7, 11) is 0. The van der Waals surface area contributed by atoms with Crippen LogP contribution in [0.25, 0.3) is 0 Å². The van der Waals surface area contributed by atoms with Crippen LogP contribution in [0.1, 0.15) is 29.4 Å². The Bertz CT molecular complexity index is 1290. The smallest absolute Gasteiger partial charge is 0.437 e. The molecule has 2 heterocycles. The molecule has 3 rings (SSSR count). The van der Waals surface area contributed by atoms with Gasteiger partial charge in [0.2, 0.25) is 11.3 Å². The Kier molecular flexibility index (Phi) is 6.17.